The maximum absolute atomic E-state index is 12.1. The maximum Gasteiger partial charge on any atom is 0.261 e. The molecule has 0 saturated carbocycles. The quantitative estimate of drug-likeness (QED) is 0.836. The monoisotopic (exact) mass is 259 g/mol. The second-order valence-corrected chi connectivity index (χ2v) is 4.61. The van der Waals surface area contributed by atoms with Gasteiger partial charge < -0.3 is 14.8 Å². The summed E-state index contributed by atoms with van der Waals surface area (Å²) in [5, 5.41) is 3.88. The van der Waals surface area contributed by atoms with Gasteiger partial charge in [0.15, 0.2) is 0 Å². The van der Waals surface area contributed by atoms with Gasteiger partial charge in [-0.3, -0.25) is 4.79 Å². The van der Waals surface area contributed by atoms with Gasteiger partial charge in [0.05, 0.1) is 10.9 Å². The second kappa shape index (κ2) is 4.97. The van der Waals surface area contributed by atoms with Crippen LogP contribution in [0.2, 0.25) is 0 Å². The minimum absolute atomic E-state index is 0.0214. The lowest BCUT2D eigenvalue weighted by atomic mass is 10.3. The van der Waals surface area contributed by atoms with Crippen molar-refractivity contribution in [3.63, 3.8) is 0 Å². The minimum Gasteiger partial charge on any atom is -0.338 e. The number of nitrogens with one attached hydrogen (secondary N) is 1. The van der Waals surface area contributed by atoms with Crippen LogP contribution in [0.4, 0.5) is 5.95 Å². The average Bonchev–Trinajstić information content (AvgIpc) is 2.48. The summed E-state index contributed by atoms with van der Waals surface area (Å²) >= 11 is 0. The van der Waals surface area contributed by atoms with E-state index in [0.717, 1.165) is 31.7 Å². The van der Waals surface area contributed by atoms with E-state index in [2.05, 4.69) is 20.2 Å². The second-order valence-electron chi connectivity index (χ2n) is 4.61. The molecule has 0 radical (unpaired) electrons. The third kappa shape index (κ3) is 2.19. The number of aromatic nitrogens is 3. The first kappa shape index (κ1) is 12.1. The molecule has 3 rings (SSSR count). The number of nitrogens with zero attached hydrogens (tertiary/aromatic N) is 4. The molecule has 0 aromatic carbocycles. The first-order chi connectivity index (χ1) is 9.29. The van der Waals surface area contributed by atoms with E-state index in [1.807, 2.05) is 13.0 Å². The fraction of sp³-hybridized carbons (Fsp3) is 0.462. The Labute approximate surface area is 111 Å². The van der Waals surface area contributed by atoms with E-state index in [1.165, 1.54) is 0 Å². The van der Waals surface area contributed by atoms with E-state index in [1.54, 1.807) is 17.0 Å². The molecule has 2 aromatic rings. The van der Waals surface area contributed by atoms with E-state index in [0.29, 0.717) is 17.9 Å². The van der Waals surface area contributed by atoms with Crippen LogP contribution in [0.3, 0.4) is 0 Å². The molecule has 1 N–H and O–H groups in total. The van der Waals surface area contributed by atoms with Crippen molar-refractivity contribution in [3.05, 3.63) is 28.8 Å². The van der Waals surface area contributed by atoms with Crippen molar-refractivity contribution in [2.24, 2.45) is 0 Å². The van der Waals surface area contributed by atoms with Crippen LogP contribution in [0.25, 0.3) is 10.9 Å². The lowest BCUT2D eigenvalue weighted by Crippen LogP contribution is -2.44. The third-order valence-electron chi connectivity index (χ3n) is 3.45. The molecule has 1 aliphatic rings. The van der Waals surface area contributed by atoms with E-state index >= 15 is 0 Å². The molecule has 19 heavy (non-hydrogen) atoms. The molecule has 1 fully saturated rings. The molecular formula is C13H17N5O. The van der Waals surface area contributed by atoms with Crippen molar-refractivity contribution in [2.75, 3.05) is 31.1 Å². The Bertz CT molecular complexity index is 645. The highest BCUT2D eigenvalue weighted by molar-refractivity contribution is 5.77. The van der Waals surface area contributed by atoms with Gasteiger partial charge in [0.2, 0.25) is 5.95 Å². The summed E-state index contributed by atoms with van der Waals surface area (Å²) in [4.78, 5) is 23.1. The fourth-order valence-corrected chi connectivity index (χ4v) is 2.33. The number of rotatable bonds is 2. The molecule has 3 heterocycles. The number of fused-ring (bicyclic) bond motifs is 1. The van der Waals surface area contributed by atoms with Gasteiger partial charge in [-0.15, -0.1) is 0 Å². The summed E-state index contributed by atoms with van der Waals surface area (Å²) in [7, 11) is 0. The SMILES string of the molecule is CCn1ccc2nc(N3CCNCC3)ncc2c1=O. The van der Waals surface area contributed by atoms with E-state index in [4.69, 9.17) is 0 Å². The third-order valence-corrected chi connectivity index (χ3v) is 3.45. The van der Waals surface area contributed by atoms with Gasteiger partial charge in [-0.05, 0) is 13.0 Å². The van der Waals surface area contributed by atoms with Gasteiger partial charge in [0.25, 0.3) is 5.56 Å². The average molecular weight is 259 g/mol. The van der Waals surface area contributed by atoms with Crippen molar-refractivity contribution in [2.45, 2.75) is 13.5 Å². The Morgan fingerprint density at radius 3 is 2.89 bits per heavy atom. The molecule has 2 aromatic heterocycles. The largest absolute Gasteiger partial charge is 0.338 e. The summed E-state index contributed by atoms with van der Waals surface area (Å²) in [5.41, 5.74) is 0.699. The summed E-state index contributed by atoms with van der Waals surface area (Å²) < 4.78 is 1.66. The van der Waals surface area contributed by atoms with Gasteiger partial charge in [0.1, 0.15) is 0 Å². The fourth-order valence-electron chi connectivity index (χ4n) is 2.33. The number of pyridine rings is 1. The van der Waals surface area contributed by atoms with E-state index in [9.17, 15) is 4.79 Å². The zero-order chi connectivity index (χ0) is 13.2. The Balaban J connectivity index is 2.04. The van der Waals surface area contributed by atoms with Crippen LogP contribution in [-0.2, 0) is 6.54 Å². The molecule has 1 aliphatic heterocycles. The molecule has 6 nitrogen and oxygen atoms in total. The first-order valence-corrected chi connectivity index (χ1v) is 6.61. The number of hydrogen-bond acceptors (Lipinski definition) is 5. The summed E-state index contributed by atoms with van der Waals surface area (Å²) in [6.07, 6.45) is 3.44. The molecule has 0 aliphatic carbocycles. The molecule has 0 amide bonds. The predicted molar refractivity (Wildman–Crippen MR) is 74.6 cm³/mol. The van der Waals surface area contributed by atoms with Gasteiger partial charge >= 0.3 is 0 Å². The van der Waals surface area contributed by atoms with Crippen molar-refractivity contribution in [1.29, 1.82) is 0 Å². The van der Waals surface area contributed by atoms with E-state index in [-0.39, 0.29) is 5.56 Å². The smallest absolute Gasteiger partial charge is 0.261 e. The Kier molecular flexibility index (Phi) is 3.16. The van der Waals surface area contributed by atoms with Gasteiger partial charge in [-0.1, -0.05) is 0 Å². The molecule has 6 heteroatoms. The number of aryl methyl sites for hydroxylation is 1. The van der Waals surface area contributed by atoms with Crippen LogP contribution in [0, 0.1) is 0 Å². The van der Waals surface area contributed by atoms with Crippen LogP contribution < -0.4 is 15.8 Å². The zero-order valence-corrected chi connectivity index (χ0v) is 11.0. The maximum atomic E-state index is 12.1. The number of hydrogen-bond donors (Lipinski definition) is 1. The van der Waals surface area contributed by atoms with Gasteiger partial charge in [-0.2, -0.15) is 0 Å². The van der Waals surface area contributed by atoms with Crippen LogP contribution >= 0.6 is 0 Å². The zero-order valence-electron chi connectivity index (χ0n) is 11.0. The molecule has 0 unspecified atom stereocenters. The van der Waals surface area contributed by atoms with Crippen LogP contribution in [0.5, 0.6) is 0 Å². The van der Waals surface area contributed by atoms with Crippen LogP contribution in [0.1, 0.15) is 6.92 Å². The highest BCUT2D eigenvalue weighted by Gasteiger charge is 2.14. The molecular weight excluding hydrogens is 242 g/mol. The molecule has 0 bridgehead atoms. The summed E-state index contributed by atoms with van der Waals surface area (Å²) in [6.45, 7) is 6.30. The summed E-state index contributed by atoms with van der Waals surface area (Å²) in [5.74, 6) is 0.711. The van der Waals surface area contributed by atoms with Gasteiger partial charge in [0, 0.05) is 45.1 Å². The van der Waals surface area contributed by atoms with E-state index < -0.39 is 0 Å². The number of piperazine rings is 1. The van der Waals surface area contributed by atoms with Crippen molar-refractivity contribution in [1.82, 2.24) is 19.9 Å². The minimum atomic E-state index is -0.0214. The highest BCUT2D eigenvalue weighted by Crippen LogP contribution is 2.12. The molecule has 100 valence electrons. The Morgan fingerprint density at radius 1 is 1.37 bits per heavy atom. The molecule has 0 atom stereocenters. The lowest BCUT2D eigenvalue weighted by molar-refractivity contribution is 0.580. The topological polar surface area (TPSA) is 63.1 Å². The van der Waals surface area contributed by atoms with Crippen LogP contribution in [-0.4, -0.2) is 40.7 Å². The van der Waals surface area contributed by atoms with Crippen molar-refractivity contribution < 1.29 is 0 Å². The van der Waals surface area contributed by atoms with Gasteiger partial charge in [-0.25, -0.2) is 9.97 Å². The Morgan fingerprint density at radius 2 is 2.16 bits per heavy atom. The van der Waals surface area contributed by atoms with Crippen molar-refractivity contribution in [3.8, 4) is 0 Å². The standard InChI is InChI=1S/C13H17N5O/c1-2-17-6-3-11-10(12(17)19)9-15-13(16-11)18-7-4-14-5-8-18/h3,6,9,14H,2,4-5,7-8H2,1H3. The van der Waals surface area contributed by atoms with Crippen molar-refractivity contribution >= 4 is 16.9 Å². The molecule has 0 spiro atoms. The van der Waals surface area contributed by atoms with Crippen LogP contribution in [0.15, 0.2) is 23.3 Å². The lowest BCUT2D eigenvalue weighted by Gasteiger charge is -2.27. The highest BCUT2D eigenvalue weighted by atomic mass is 16.1. The normalized spacial score (nSPS) is 15.9. The number of anilines is 1. The molecule has 1 saturated heterocycles. The predicted octanol–water partition coefficient (Wildman–Crippen LogP) is 0.221. The Hall–Kier alpha value is -1.95. The summed E-state index contributed by atoms with van der Waals surface area (Å²) in [6, 6.07) is 1.88. The first-order valence-electron chi connectivity index (χ1n) is 6.61.